The third-order valence-corrected chi connectivity index (χ3v) is 28.6. The third-order valence-electron chi connectivity index (χ3n) is 21.0. The van der Waals surface area contributed by atoms with E-state index in [4.69, 9.17) is 28.2 Å². The van der Waals surface area contributed by atoms with Gasteiger partial charge in [-0.2, -0.15) is 10.5 Å². The monoisotopic (exact) mass is 1660 g/mol. The molecular weight excluding hydrogens is 1580 g/mol. The number of nitrogens with one attached hydrogen (secondary N) is 8. The summed E-state index contributed by atoms with van der Waals surface area (Å²) in [5, 5.41) is 67.6. The van der Waals surface area contributed by atoms with Crippen molar-refractivity contribution in [3.63, 3.8) is 0 Å². The Bertz CT molecular complexity index is 6250. The molecule has 4 saturated carbocycles. The van der Waals surface area contributed by atoms with Gasteiger partial charge < -0.3 is 58.9 Å². The van der Waals surface area contributed by atoms with Crippen LogP contribution in [0.1, 0.15) is 107 Å². The van der Waals surface area contributed by atoms with Gasteiger partial charge in [-0.05, 0) is 142 Å². The summed E-state index contributed by atoms with van der Waals surface area (Å²) >= 11 is 0. The van der Waals surface area contributed by atoms with E-state index in [1.165, 1.54) is 30.8 Å². The number of nitriles is 2. The lowest BCUT2D eigenvalue weighted by Crippen LogP contribution is -2.39. The summed E-state index contributed by atoms with van der Waals surface area (Å²) in [5.74, 6) is 4.68. The maximum atomic E-state index is 12.8. The van der Waals surface area contributed by atoms with Gasteiger partial charge in [0, 0.05) is 134 Å². The van der Waals surface area contributed by atoms with Crippen LogP contribution in [-0.4, -0.2) is 178 Å². The van der Waals surface area contributed by atoms with E-state index in [2.05, 4.69) is 107 Å². The molecule has 0 unspecified atom stereocenters. The lowest BCUT2D eigenvalue weighted by atomic mass is 9.81. The van der Waals surface area contributed by atoms with Crippen molar-refractivity contribution in [1.82, 2.24) is 85.6 Å². The second-order valence-electron chi connectivity index (χ2n) is 29.9. The van der Waals surface area contributed by atoms with E-state index >= 15 is 0 Å². The highest BCUT2D eigenvalue weighted by atomic mass is 32.2. The minimum Gasteiger partial charge on any atom is -0.423 e. The first-order chi connectivity index (χ1) is 56.4. The van der Waals surface area contributed by atoms with E-state index in [-0.39, 0.29) is 97.8 Å². The van der Waals surface area contributed by atoms with E-state index in [9.17, 15) is 33.7 Å². The predicted molar refractivity (Wildman–Crippen MR) is 434 cm³/mol. The number of hydrogen-bond donors (Lipinski definition) is 8. The summed E-state index contributed by atoms with van der Waals surface area (Å²) in [5.41, 5.74) is 10.0. The van der Waals surface area contributed by atoms with Crippen molar-refractivity contribution in [3.05, 3.63) is 152 Å². The molecule has 4 fully saturated rings. The van der Waals surface area contributed by atoms with Crippen molar-refractivity contribution in [2.75, 3.05) is 55.8 Å². The molecule has 18 rings (SSSR count). The fraction of sp³-hybridized carbons (Fsp3) is 0.372. The molecule has 13 aromatic heterocycles. The fourth-order valence-electron chi connectivity index (χ4n) is 15.3. The number of benzene rings is 1. The Morgan fingerprint density at radius 2 is 0.786 bits per heavy atom. The van der Waals surface area contributed by atoms with Crippen LogP contribution < -0.4 is 21.3 Å². The van der Waals surface area contributed by atoms with Crippen LogP contribution in [0.25, 0.3) is 90.0 Å². The van der Waals surface area contributed by atoms with Crippen molar-refractivity contribution in [2.45, 2.75) is 133 Å². The lowest BCUT2D eigenvalue weighted by molar-refractivity contribution is 0.310. The number of pyridine rings is 5. The quantitative estimate of drug-likeness (QED) is 0.0250. The normalized spacial score (nSPS) is 19.1. The summed E-state index contributed by atoms with van der Waals surface area (Å²) in [6, 6.07) is 21.3. The molecule has 39 heteroatoms. The highest BCUT2D eigenvalue weighted by molar-refractivity contribution is 7.92. The number of nitrogens with zero attached hydrogens (tertiary/aromatic N) is 15. The number of rotatable bonds is 26. The molecule has 0 amide bonds. The van der Waals surface area contributed by atoms with Gasteiger partial charge in [-0.1, -0.05) is 19.9 Å². The molecule has 35 nitrogen and oxygen atoms in total. The zero-order valence-corrected chi connectivity index (χ0v) is 67.5. The van der Waals surface area contributed by atoms with Crippen LogP contribution in [0.2, 0.25) is 0 Å². The molecule has 4 aliphatic rings. The van der Waals surface area contributed by atoms with Gasteiger partial charge >= 0.3 is 0 Å². The summed E-state index contributed by atoms with van der Waals surface area (Å²) < 4.78 is 121. The van der Waals surface area contributed by atoms with E-state index in [0.29, 0.717) is 96.5 Å². The first-order valence-corrected chi connectivity index (χ1v) is 45.1. The molecule has 0 radical (unpaired) electrons. The van der Waals surface area contributed by atoms with Crippen molar-refractivity contribution in [2.24, 2.45) is 23.7 Å². The van der Waals surface area contributed by atoms with Gasteiger partial charge in [-0.3, -0.25) is 0 Å². The molecule has 8 N–H and O–H groups in total. The van der Waals surface area contributed by atoms with Crippen molar-refractivity contribution >= 4 is 106 Å². The number of fused-ring (bicyclic) bond motifs is 4. The number of H-pyrrole nitrogens is 4. The first kappa shape index (κ1) is 79.9. The molecular formula is C78H83N23O12S4. The second-order valence-corrected chi connectivity index (χ2v) is 38.4. The second kappa shape index (κ2) is 33.9. The fourth-order valence-corrected chi connectivity index (χ4v) is 22.1. The van der Waals surface area contributed by atoms with Crippen LogP contribution in [0.3, 0.4) is 0 Å². The van der Waals surface area contributed by atoms with Crippen molar-refractivity contribution < 1.29 is 51.3 Å². The minimum absolute atomic E-state index is 0.00131. The Morgan fingerprint density at radius 3 is 1.13 bits per heavy atom. The summed E-state index contributed by atoms with van der Waals surface area (Å²) in [7, 11) is -12.9. The van der Waals surface area contributed by atoms with Crippen LogP contribution >= 0.6 is 0 Å². The van der Waals surface area contributed by atoms with Gasteiger partial charge in [-0.15, -0.1) is 40.8 Å². The van der Waals surface area contributed by atoms with Gasteiger partial charge in [0.2, 0.25) is 24.1 Å². The van der Waals surface area contributed by atoms with E-state index < -0.39 is 39.3 Å². The average molecular weight is 1660 g/mol. The maximum absolute atomic E-state index is 12.8. The largest absolute Gasteiger partial charge is 0.423 e. The van der Waals surface area contributed by atoms with Gasteiger partial charge in [0.1, 0.15) is 22.6 Å². The van der Waals surface area contributed by atoms with Gasteiger partial charge in [-0.25, -0.2) is 58.6 Å². The Morgan fingerprint density at radius 1 is 0.427 bits per heavy atom. The summed E-state index contributed by atoms with van der Waals surface area (Å²) in [6.07, 6.45) is 24.2. The standard InChI is InChI=1S/C22H20N6O3S.C21H19N7O3S.C18H23N5O3S.C17H21N5O3S/c1-13-27-28-22(31-13)19-11-25-21-18(5-6-24-21)20(19)26-16-7-15(8-16)12-32(29,30)17-4-2-3-14(9-17)10-23;1-12-27-28-21(31-12)17-10-25-20-16(3-5-24-20)19(17)26-15-6-14(7-15)11-32(29,30)18-8-13(9-22)2-4-23-18;1-3-6-27(24,25)10-12-7-13(8-12)21-16-14-4-5-19-17(14)20-9-15(16)18-23-22-11(2)26-18;1-2-5-26(23,24)9-11-6-12(7-11)21-15-13-3-4-18-16(13)19-8-14(15)17-22-20-10-25-17/h2-6,9,11,15-16H,7-8,12H2,1H3,(H2,24,25,26);2-5,8,10,14-15H,6-7,11H2,1H3,(H2,24,25,26);4-5,9,12-13H,3,6-8,10H2,1-2H3,(H2,19,20,21);3-4,8,10-12H,2,5-7,9H2,1H3,(H2,18,19,21). The van der Waals surface area contributed by atoms with Crippen LogP contribution in [0, 0.1) is 67.1 Å². The number of aromatic amines is 4. The van der Waals surface area contributed by atoms with E-state index in [1.807, 2.05) is 75.0 Å². The highest BCUT2D eigenvalue weighted by Gasteiger charge is 2.39. The average Bonchev–Trinajstić information content (AvgIpc) is 1.72. The van der Waals surface area contributed by atoms with Crippen molar-refractivity contribution in [3.8, 4) is 58.0 Å². The Balaban J connectivity index is 0.000000123. The molecule has 4 aliphatic carbocycles. The molecule has 117 heavy (non-hydrogen) atoms. The number of aryl methyl sites for hydroxylation is 3. The molecule has 606 valence electrons. The molecule has 14 aromatic rings. The Labute approximate surface area is 671 Å². The number of aromatic nitrogens is 17. The van der Waals surface area contributed by atoms with Crippen LogP contribution in [-0.2, 0) is 39.3 Å². The van der Waals surface area contributed by atoms with E-state index in [1.54, 1.807) is 63.8 Å². The van der Waals surface area contributed by atoms with Gasteiger partial charge in [0.25, 0.3) is 23.6 Å². The van der Waals surface area contributed by atoms with Crippen LogP contribution in [0.15, 0.2) is 150 Å². The smallest absolute Gasteiger partial charge is 0.251 e. The van der Waals surface area contributed by atoms with Gasteiger partial charge in [0.05, 0.1) is 96.2 Å². The minimum atomic E-state index is -3.56. The number of sulfone groups is 4. The third kappa shape index (κ3) is 18.3. The van der Waals surface area contributed by atoms with Gasteiger partial charge in [0.15, 0.2) is 44.4 Å². The molecule has 13 heterocycles. The zero-order valence-electron chi connectivity index (χ0n) is 64.2. The molecule has 1 aromatic carbocycles. The highest BCUT2D eigenvalue weighted by Crippen LogP contribution is 2.44. The summed E-state index contributed by atoms with van der Waals surface area (Å²) in [6.45, 7) is 9.00. The van der Waals surface area contributed by atoms with Crippen LogP contribution in [0.5, 0.6) is 0 Å². The van der Waals surface area contributed by atoms with Crippen molar-refractivity contribution in [1.29, 1.82) is 10.5 Å². The molecule has 0 aliphatic heterocycles. The van der Waals surface area contributed by atoms with E-state index in [0.717, 1.165) is 104 Å². The number of hydrogen-bond acceptors (Lipinski definition) is 31. The Kier molecular flexibility index (Phi) is 23.1. The lowest BCUT2D eigenvalue weighted by Gasteiger charge is -2.36. The predicted octanol–water partition coefficient (Wildman–Crippen LogP) is 11.9. The zero-order chi connectivity index (χ0) is 81.8. The molecule has 0 atom stereocenters. The maximum Gasteiger partial charge on any atom is 0.251 e. The summed E-state index contributed by atoms with van der Waals surface area (Å²) in [4.78, 5) is 34.2. The van der Waals surface area contributed by atoms with Crippen LogP contribution in [0.4, 0.5) is 22.7 Å². The first-order valence-electron chi connectivity index (χ1n) is 38.2. The molecule has 0 saturated heterocycles. The molecule has 0 spiro atoms. The topological polar surface area (TPSA) is 516 Å². The molecule has 0 bridgehead atoms. The number of anilines is 4. The Hall–Kier alpha value is -12.3. The SMILES string of the molecule is CCCS(=O)(=O)CC1CC(Nc2c(-c3nnc(C)o3)cnc3[nH]ccc23)C1.CCCS(=O)(=O)CC1CC(Nc2c(-c3nnco3)cnc3[nH]ccc23)C1.Cc1nnc(-c2cnc3[nH]ccc3c2NC2CC(CS(=O)(=O)c3cc(C#N)ccn3)C2)o1.Cc1nnc(-c2cnc3[nH]ccc3c2NC2CC(CS(=O)(=O)c3cccc(C#N)c3)C2)o1.